The van der Waals surface area contributed by atoms with Gasteiger partial charge in [-0.2, -0.15) is 4.98 Å². The second kappa shape index (κ2) is 9.32. The van der Waals surface area contributed by atoms with Crippen LogP contribution in [0.5, 0.6) is 11.6 Å². The molecule has 0 aliphatic rings. The van der Waals surface area contributed by atoms with Crippen molar-refractivity contribution in [3.63, 3.8) is 0 Å². The molecule has 0 amide bonds. The molecule has 32 heavy (non-hydrogen) atoms. The van der Waals surface area contributed by atoms with Crippen LogP contribution < -0.4 is 15.2 Å². The van der Waals surface area contributed by atoms with Gasteiger partial charge < -0.3 is 4.74 Å². The minimum Gasteiger partial charge on any atom is -0.434 e. The second-order valence-electron chi connectivity index (χ2n) is 6.76. The molecule has 0 aliphatic heterocycles. The first-order chi connectivity index (χ1) is 15.5. The van der Waals surface area contributed by atoms with Gasteiger partial charge in [0.2, 0.25) is 5.82 Å². The molecule has 0 radical (unpaired) electrons. The SMILES string of the molecule is Cc1cc(Oc2ncnc(NN(c3ccccc3)c3ccccc3)c2[N+](=O)[O-])ccc1Cl. The Morgan fingerprint density at radius 3 is 2.16 bits per heavy atom. The molecule has 1 N–H and O–H groups in total. The largest absolute Gasteiger partial charge is 0.434 e. The van der Waals surface area contributed by atoms with E-state index in [1.165, 1.54) is 6.33 Å². The lowest BCUT2D eigenvalue weighted by Gasteiger charge is -2.25. The smallest absolute Gasteiger partial charge is 0.374 e. The van der Waals surface area contributed by atoms with E-state index >= 15 is 0 Å². The molecule has 8 nitrogen and oxygen atoms in total. The van der Waals surface area contributed by atoms with E-state index in [1.54, 1.807) is 23.2 Å². The molecule has 0 spiro atoms. The molecule has 1 aromatic heterocycles. The number of nitrogens with one attached hydrogen (secondary N) is 1. The maximum absolute atomic E-state index is 12.0. The molecule has 0 fully saturated rings. The molecule has 0 saturated carbocycles. The minimum atomic E-state index is -0.575. The Bertz CT molecular complexity index is 1200. The standard InChI is InChI=1S/C23H18ClN5O3/c1-16-14-19(12-13-20(16)24)32-23-21(29(30)31)22(25-15-26-23)27-28(17-8-4-2-5-9-17)18-10-6-3-7-11-18/h2-15H,1H3,(H,25,26,27). The van der Waals surface area contributed by atoms with E-state index in [-0.39, 0.29) is 11.7 Å². The van der Waals surface area contributed by atoms with Gasteiger partial charge in [0.25, 0.3) is 0 Å². The van der Waals surface area contributed by atoms with E-state index in [0.717, 1.165) is 16.9 Å². The summed E-state index contributed by atoms with van der Waals surface area (Å²) in [5.41, 5.74) is 4.96. The third-order valence-corrected chi connectivity index (χ3v) is 4.99. The Morgan fingerprint density at radius 2 is 1.59 bits per heavy atom. The number of para-hydroxylation sites is 2. The van der Waals surface area contributed by atoms with Crippen LogP contribution in [0, 0.1) is 17.0 Å². The predicted molar refractivity (Wildman–Crippen MR) is 124 cm³/mol. The van der Waals surface area contributed by atoms with Crippen molar-refractivity contribution >= 4 is 34.5 Å². The lowest BCUT2D eigenvalue weighted by Crippen LogP contribution is -2.25. The number of nitro groups is 1. The van der Waals surface area contributed by atoms with Gasteiger partial charge in [-0.25, -0.2) is 4.98 Å². The third-order valence-electron chi connectivity index (χ3n) is 4.56. The van der Waals surface area contributed by atoms with Gasteiger partial charge in [-0.05, 0) is 55.0 Å². The van der Waals surface area contributed by atoms with Crippen molar-refractivity contribution in [2.45, 2.75) is 6.92 Å². The van der Waals surface area contributed by atoms with E-state index in [0.29, 0.717) is 10.8 Å². The lowest BCUT2D eigenvalue weighted by molar-refractivity contribution is -0.385. The Labute approximate surface area is 189 Å². The minimum absolute atomic E-state index is 0.0154. The molecule has 4 rings (SSSR count). The number of anilines is 3. The van der Waals surface area contributed by atoms with E-state index < -0.39 is 10.6 Å². The van der Waals surface area contributed by atoms with Gasteiger partial charge in [0.1, 0.15) is 12.1 Å². The summed E-state index contributed by atoms with van der Waals surface area (Å²) in [6.07, 6.45) is 1.21. The number of hydrazine groups is 1. The van der Waals surface area contributed by atoms with Crippen molar-refractivity contribution in [1.29, 1.82) is 0 Å². The summed E-state index contributed by atoms with van der Waals surface area (Å²) in [5.74, 6) is 0.177. The van der Waals surface area contributed by atoms with Crippen molar-refractivity contribution in [2.24, 2.45) is 0 Å². The average molecular weight is 448 g/mol. The van der Waals surface area contributed by atoms with E-state index in [9.17, 15) is 10.1 Å². The molecule has 0 aliphatic carbocycles. The van der Waals surface area contributed by atoms with Gasteiger partial charge >= 0.3 is 11.6 Å². The summed E-state index contributed by atoms with van der Waals surface area (Å²) < 4.78 is 5.73. The van der Waals surface area contributed by atoms with Crippen LogP contribution in [0.15, 0.2) is 85.2 Å². The fourth-order valence-corrected chi connectivity index (χ4v) is 3.13. The quantitative estimate of drug-likeness (QED) is 0.262. The number of halogens is 1. The normalized spacial score (nSPS) is 10.4. The summed E-state index contributed by atoms with van der Waals surface area (Å²) in [7, 11) is 0. The van der Waals surface area contributed by atoms with Crippen molar-refractivity contribution < 1.29 is 9.66 Å². The zero-order chi connectivity index (χ0) is 22.5. The zero-order valence-electron chi connectivity index (χ0n) is 17.0. The van der Waals surface area contributed by atoms with E-state index in [1.807, 2.05) is 67.6 Å². The highest BCUT2D eigenvalue weighted by Gasteiger charge is 2.27. The average Bonchev–Trinajstić information content (AvgIpc) is 2.81. The molecular weight excluding hydrogens is 430 g/mol. The van der Waals surface area contributed by atoms with Crippen LogP contribution in [-0.4, -0.2) is 14.9 Å². The number of rotatable bonds is 7. The topological polar surface area (TPSA) is 93.4 Å². The van der Waals surface area contributed by atoms with Gasteiger partial charge in [-0.1, -0.05) is 48.0 Å². The number of aryl methyl sites for hydroxylation is 1. The Hall–Kier alpha value is -4.17. The van der Waals surface area contributed by atoms with Gasteiger partial charge in [-0.3, -0.25) is 20.5 Å². The first-order valence-electron chi connectivity index (χ1n) is 9.63. The summed E-state index contributed by atoms with van der Waals surface area (Å²) in [6.45, 7) is 1.81. The molecule has 4 aromatic rings. The van der Waals surface area contributed by atoms with E-state index in [4.69, 9.17) is 16.3 Å². The van der Waals surface area contributed by atoms with Crippen LogP contribution in [0.25, 0.3) is 0 Å². The number of hydrogen-bond donors (Lipinski definition) is 1. The number of benzene rings is 3. The highest BCUT2D eigenvalue weighted by atomic mass is 35.5. The molecule has 0 atom stereocenters. The van der Waals surface area contributed by atoms with Crippen molar-refractivity contribution in [3.05, 3.63) is 106 Å². The number of ether oxygens (including phenoxy) is 1. The summed E-state index contributed by atoms with van der Waals surface area (Å²) in [5, 5.41) is 14.2. The molecule has 3 aromatic carbocycles. The fraction of sp³-hybridized carbons (Fsp3) is 0.0435. The number of hydrogen-bond acceptors (Lipinski definition) is 7. The molecule has 9 heteroatoms. The van der Waals surface area contributed by atoms with Crippen molar-refractivity contribution in [2.75, 3.05) is 10.4 Å². The van der Waals surface area contributed by atoms with Crippen LogP contribution in [0.3, 0.4) is 0 Å². The fourth-order valence-electron chi connectivity index (χ4n) is 3.01. The van der Waals surface area contributed by atoms with Crippen LogP contribution in [0.2, 0.25) is 5.02 Å². The third kappa shape index (κ3) is 4.60. The number of nitrogens with zero attached hydrogens (tertiary/aromatic N) is 4. The summed E-state index contributed by atoms with van der Waals surface area (Å²) in [6, 6.07) is 23.7. The first kappa shape index (κ1) is 21.1. The highest BCUT2D eigenvalue weighted by molar-refractivity contribution is 6.31. The monoisotopic (exact) mass is 447 g/mol. The highest BCUT2D eigenvalue weighted by Crippen LogP contribution is 2.36. The molecule has 1 heterocycles. The maximum atomic E-state index is 12.0. The zero-order valence-corrected chi connectivity index (χ0v) is 17.7. The van der Waals surface area contributed by atoms with Gasteiger partial charge in [0.15, 0.2) is 0 Å². The molecule has 0 unspecified atom stereocenters. The van der Waals surface area contributed by atoms with Crippen LogP contribution in [-0.2, 0) is 0 Å². The Balaban J connectivity index is 1.74. The van der Waals surface area contributed by atoms with Crippen molar-refractivity contribution in [1.82, 2.24) is 9.97 Å². The van der Waals surface area contributed by atoms with Gasteiger partial charge in [-0.15, -0.1) is 0 Å². The van der Waals surface area contributed by atoms with Gasteiger partial charge in [0.05, 0.1) is 16.3 Å². The molecule has 0 saturated heterocycles. The first-order valence-corrected chi connectivity index (χ1v) is 10.0. The summed E-state index contributed by atoms with van der Waals surface area (Å²) in [4.78, 5) is 19.5. The van der Waals surface area contributed by atoms with Crippen LogP contribution in [0.4, 0.5) is 22.9 Å². The van der Waals surface area contributed by atoms with E-state index in [2.05, 4.69) is 15.4 Å². The summed E-state index contributed by atoms with van der Waals surface area (Å²) >= 11 is 6.06. The second-order valence-corrected chi connectivity index (χ2v) is 7.17. The Kier molecular flexibility index (Phi) is 6.14. The van der Waals surface area contributed by atoms with Gasteiger partial charge in [0, 0.05) is 5.02 Å². The lowest BCUT2D eigenvalue weighted by atomic mass is 10.2. The molecule has 0 bridgehead atoms. The molecule has 160 valence electrons. The predicted octanol–water partition coefficient (Wildman–Crippen LogP) is 6.30. The number of aromatic nitrogens is 2. The van der Waals surface area contributed by atoms with Crippen LogP contribution in [0.1, 0.15) is 5.56 Å². The van der Waals surface area contributed by atoms with Crippen molar-refractivity contribution in [3.8, 4) is 11.6 Å². The molecular formula is C23H18ClN5O3. The Morgan fingerprint density at radius 1 is 0.969 bits per heavy atom. The van der Waals surface area contributed by atoms with Crippen LogP contribution >= 0.6 is 11.6 Å². The maximum Gasteiger partial charge on any atom is 0.374 e.